The zero-order chi connectivity index (χ0) is 18.4. The fourth-order valence-electron chi connectivity index (χ4n) is 2.99. The van der Waals surface area contributed by atoms with Crippen molar-refractivity contribution in [1.29, 1.82) is 0 Å². The number of amides is 1. The lowest BCUT2D eigenvalue weighted by Gasteiger charge is -2.13. The molecule has 0 spiro atoms. The Hall–Kier alpha value is -2.76. The molecule has 2 N–H and O–H groups in total. The lowest BCUT2D eigenvalue weighted by molar-refractivity contribution is 0.0948. The monoisotopic (exact) mass is 354 g/mol. The first-order chi connectivity index (χ1) is 12.6. The van der Waals surface area contributed by atoms with Gasteiger partial charge in [0.15, 0.2) is 0 Å². The molecule has 26 heavy (non-hydrogen) atoms. The van der Waals surface area contributed by atoms with Gasteiger partial charge in [0.2, 0.25) is 0 Å². The van der Waals surface area contributed by atoms with E-state index in [2.05, 4.69) is 26.7 Å². The predicted molar refractivity (Wildman–Crippen MR) is 100.0 cm³/mol. The van der Waals surface area contributed by atoms with Gasteiger partial charge >= 0.3 is 0 Å². The fraction of sp³-hybridized carbons (Fsp3) is 0.350. The molecule has 1 aliphatic carbocycles. The van der Waals surface area contributed by atoms with Crippen molar-refractivity contribution in [3.63, 3.8) is 0 Å². The Morgan fingerprint density at radius 3 is 2.73 bits per heavy atom. The van der Waals surface area contributed by atoms with Crippen molar-refractivity contribution in [3.8, 4) is 0 Å². The first-order valence-electron chi connectivity index (χ1n) is 8.94. The minimum Gasteiger partial charge on any atom is -0.350 e. The number of carbonyl (C=O) groups is 1. The molecule has 1 aromatic carbocycles. The standard InChI is InChI=1S/C20H23FN4O/c1-14-23-18(20(26)22-12-11-15-5-3-2-4-6-15)13-19(24-14)25-17-9-7-16(21)8-10-17/h5,7-10,13H,2-4,6,11-12H2,1H3,(H,22,26)(H,23,24,25). The van der Waals surface area contributed by atoms with Gasteiger partial charge in [0, 0.05) is 18.3 Å². The number of hydrogen-bond acceptors (Lipinski definition) is 4. The van der Waals surface area contributed by atoms with E-state index in [1.807, 2.05) is 0 Å². The van der Waals surface area contributed by atoms with Gasteiger partial charge < -0.3 is 10.6 Å². The molecule has 2 aromatic rings. The molecule has 136 valence electrons. The van der Waals surface area contributed by atoms with E-state index in [0.29, 0.717) is 29.6 Å². The second-order valence-corrected chi connectivity index (χ2v) is 6.43. The van der Waals surface area contributed by atoms with Gasteiger partial charge in [-0.25, -0.2) is 14.4 Å². The molecule has 1 heterocycles. The van der Waals surface area contributed by atoms with Crippen LogP contribution in [-0.4, -0.2) is 22.4 Å². The Kier molecular flexibility index (Phi) is 5.94. The van der Waals surface area contributed by atoms with Crippen molar-refractivity contribution < 1.29 is 9.18 Å². The quantitative estimate of drug-likeness (QED) is 0.760. The maximum absolute atomic E-state index is 13.0. The second kappa shape index (κ2) is 8.56. The van der Waals surface area contributed by atoms with Gasteiger partial charge in [0.25, 0.3) is 5.91 Å². The van der Waals surface area contributed by atoms with Crippen LogP contribution in [-0.2, 0) is 0 Å². The first kappa shape index (κ1) is 18.0. The van der Waals surface area contributed by atoms with E-state index >= 15 is 0 Å². The smallest absolute Gasteiger partial charge is 0.270 e. The Balaban J connectivity index is 1.61. The van der Waals surface area contributed by atoms with Gasteiger partial charge in [-0.15, -0.1) is 0 Å². The largest absolute Gasteiger partial charge is 0.350 e. The van der Waals surface area contributed by atoms with E-state index in [-0.39, 0.29) is 11.7 Å². The number of aromatic nitrogens is 2. The van der Waals surface area contributed by atoms with Crippen LogP contribution in [0.1, 0.15) is 48.4 Å². The minimum atomic E-state index is -0.303. The zero-order valence-electron chi connectivity index (χ0n) is 14.9. The van der Waals surface area contributed by atoms with E-state index in [9.17, 15) is 9.18 Å². The van der Waals surface area contributed by atoms with Crippen LogP contribution in [0.3, 0.4) is 0 Å². The molecule has 0 atom stereocenters. The number of carbonyl (C=O) groups excluding carboxylic acids is 1. The average Bonchev–Trinajstić information content (AvgIpc) is 2.64. The summed E-state index contributed by atoms with van der Waals surface area (Å²) in [6.45, 7) is 2.34. The third-order valence-corrected chi connectivity index (χ3v) is 4.30. The van der Waals surface area contributed by atoms with Crippen LogP contribution in [0.2, 0.25) is 0 Å². The molecule has 1 aromatic heterocycles. The number of anilines is 2. The molecule has 5 nitrogen and oxygen atoms in total. The minimum absolute atomic E-state index is 0.214. The zero-order valence-corrected chi connectivity index (χ0v) is 14.9. The van der Waals surface area contributed by atoms with E-state index in [1.165, 1.54) is 30.5 Å². The number of halogens is 1. The number of nitrogens with zero attached hydrogens (tertiary/aromatic N) is 2. The first-order valence-corrected chi connectivity index (χ1v) is 8.94. The van der Waals surface area contributed by atoms with E-state index in [0.717, 1.165) is 19.3 Å². The highest BCUT2D eigenvalue weighted by molar-refractivity contribution is 5.93. The summed E-state index contributed by atoms with van der Waals surface area (Å²) >= 11 is 0. The number of rotatable bonds is 6. The van der Waals surface area contributed by atoms with Gasteiger partial charge in [0.05, 0.1) is 0 Å². The fourth-order valence-corrected chi connectivity index (χ4v) is 2.99. The molecule has 1 amide bonds. The average molecular weight is 354 g/mol. The summed E-state index contributed by atoms with van der Waals surface area (Å²) in [5.41, 5.74) is 2.44. The van der Waals surface area contributed by atoms with Crippen molar-refractivity contribution >= 4 is 17.4 Å². The Labute approximate surface area is 152 Å². The summed E-state index contributed by atoms with van der Waals surface area (Å²) in [7, 11) is 0. The third kappa shape index (κ3) is 5.12. The lowest BCUT2D eigenvalue weighted by atomic mass is 9.97. The number of nitrogens with one attached hydrogen (secondary N) is 2. The molecule has 0 radical (unpaired) electrons. The van der Waals surface area contributed by atoms with Crippen LogP contribution in [0.15, 0.2) is 42.0 Å². The number of aryl methyl sites for hydroxylation is 1. The molecule has 6 heteroatoms. The molecule has 0 saturated carbocycles. The van der Waals surface area contributed by atoms with Gasteiger partial charge in [0.1, 0.15) is 23.2 Å². The summed E-state index contributed by atoms with van der Waals surface area (Å²) in [6, 6.07) is 7.56. The highest BCUT2D eigenvalue weighted by Crippen LogP contribution is 2.19. The van der Waals surface area contributed by atoms with Crippen LogP contribution in [0.5, 0.6) is 0 Å². The summed E-state index contributed by atoms with van der Waals surface area (Å²) < 4.78 is 13.0. The van der Waals surface area contributed by atoms with E-state index < -0.39 is 0 Å². The van der Waals surface area contributed by atoms with E-state index in [4.69, 9.17) is 0 Å². The van der Waals surface area contributed by atoms with Crippen molar-refractivity contribution in [2.45, 2.75) is 39.0 Å². The maximum Gasteiger partial charge on any atom is 0.270 e. The molecular formula is C20H23FN4O. The SMILES string of the molecule is Cc1nc(Nc2ccc(F)cc2)cc(C(=O)NCCC2=CCCCC2)n1. The normalized spacial score (nSPS) is 13.8. The van der Waals surface area contributed by atoms with Crippen molar-refractivity contribution in [2.75, 3.05) is 11.9 Å². The number of benzene rings is 1. The van der Waals surface area contributed by atoms with Crippen LogP contribution in [0.25, 0.3) is 0 Å². The summed E-state index contributed by atoms with van der Waals surface area (Å²) in [5, 5.41) is 5.99. The summed E-state index contributed by atoms with van der Waals surface area (Å²) in [5.74, 6) is 0.484. The van der Waals surface area contributed by atoms with Crippen molar-refractivity contribution in [2.24, 2.45) is 0 Å². The van der Waals surface area contributed by atoms with Gasteiger partial charge in [-0.1, -0.05) is 11.6 Å². The molecule has 0 fully saturated rings. The van der Waals surface area contributed by atoms with Crippen molar-refractivity contribution in [3.05, 3.63) is 59.3 Å². The van der Waals surface area contributed by atoms with Crippen molar-refractivity contribution in [1.82, 2.24) is 15.3 Å². The number of allylic oxidation sites excluding steroid dienone is 1. The van der Waals surface area contributed by atoms with E-state index in [1.54, 1.807) is 25.1 Å². The molecule has 0 bridgehead atoms. The molecule has 1 aliphatic rings. The van der Waals surface area contributed by atoms with Crippen LogP contribution < -0.4 is 10.6 Å². The Morgan fingerprint density at radius 1 is 1.19 bits per heavy atom. The maximum atomic E-state index is 13.0. The summed E-state index contributed by atoms with van der Waals surface area (Å²) in [4.78, 5) is 20.9. The molecule has 0 aliphatic heterocycles. The van der Waals surface area contributed by atoms with Gasteiger partial charge in [-0.2, -0.15) is 0 Å². The Morgan fingerprint density at radius 2 is 2.00 bits per heavy atom. The topological polar surface area (TPSA) is 66.9 Å². The Bertz CT molecular complexity index is 802. The second-order valence-electron chi connectivity index (χ2n) is 6.43. The van der Waals surface area contributed by atoms with Crippen LogP contribution >= 0.6 is 0 Å². The number of hydrogen-bond donors (Lipinski definition) is 2. The van der Waals surface area contributed by atoms with Gasteiger partial charge in [-0.05, 0) is 63.3 Å². The molecule has 0 unspecified atom stereocenters. The molecule has 3 rings (SSSR count). The highest BCUT2D eigenvalue weighted by atomic mass is 19.1. The predicted octanol–water partition coefficient (Wildman–Crippen LogP) is 4.29. The van der Waals surface area contributed by atoms with Gasteiger partial charge in [-0.3, -0.25) is 4.79 Å². The lowest BCUT2D eigenvalue weighted by Crippen LogP contribution is -2.26. The molecule has 0 saturated heterocycles. The highest BCUT2D eigenvalue weighted by Gasteiger charge is 2.11. The van der Waals surface area contributed by atoms with Crippen LogP contribution in [0.4, 0.5) is 15.9 Å². The summed E-state index contributed by atoms with van der Waals surface area (Å²) in [6.07, 6.45) is 7.95. The molecular weight excluding hydrogens is 331 g/mol. The third-order valence-electron chi connectivity index (χ3n) is 4.30. The van der Waals surface area contributed by atoms with Crippen LogP contribution in [0, 0.1) is 12.7 Å².